The zero-order valence-electron chi connectivity index (χ0n) is 11.2. The zero-order chi connectivity index (χ0) is 15.0. The van der Waals surface area contributed by atoms with Crippen LogP contribution in [0.3, 0.4) is 0 Å². The molecule has 1 aliphatic rings. The maximum Gasteiger partial charge on any atom is 0.262 e. The van der Waals surface area contributed by atoms with E-state index >= 15 is 0 Å². The number of rotatable bonds is 3. The van der Waals surface area contributed by atoms with Crippen LogP contribution in [0.5, 0.6) is 0 Å². The molecule has 2 aromatic rings. The van der Waals surface area contributed by atoms with Crippen molar-refractivity contribution in [3.05, 3.63) is 35.8 Å². The first-order chi connectivity index (χ1) is 10.0. The summed E-state index contributed by atoms with van der Waals surface area (Å²) < 4.78 is 28.7. The highest BCUT2D eigenvalue weighted by Gasteiger charge is 2.44. The van der Waals surface area contributed by atoms with E-state index in [2.05, 4.69) is 4.98 Å². The molecular formula is C14H14F2N4O. The number of nitriles is 1. The lowest BCUT2D eigenvalue weighted by Crippen LogP contribution is -2.32. The average Bonchev–Trinajstić information content (AvgIpc) is 2.99. The van der Waals surface area contributed by atoms with Gasteiger partial charge in [-0.25, -0.2) is 13.8 Å². The third-order valence-corrected chi connectivity index (χ3v) is 3.77. The lowest BCUT2D eigenvalue weighted by molar-refractivity contribution is 0.0110. The topological polar surface area (TPSA) is 64.6 Å². The standard InChI is InChI=1S/C14H14F2N4O/c15-14(16)3-11(8-21)19(9-14)7-12-5-18-13-2-1-10(4-17)6-20(12)13/h1-2,5-6,11,21H,3,7-9H2. The van der Waals surface area contributed by atoms with Crippen molar-refractivity contribution >= 4 is 5.65 Å². The number of hydrogen-bond acceptors (Lipinski definition) is 4. The minimum absolute atomic E-state index is 0.261. The number of alkyl halides is 2. The normalized spacial score (nSPS) is 21.7. The van der Waals surface area contributed by atoms with Crippen LogP contribution in [0.2, 0.25) is 0 Å². The fraction of sp³-hybridized carbons (Fsp3) is 0.429. The largest absolute Gasteiger partial charge is 0.395 e. The first-order valence-corrected chi connectivity index (χ1v) is 6.61. The number of aromatic nitrogens is 2. The van der Waals surface area contributed by atoms with Crippen molar-refractivity contribution in [2.24, 2.45) is 0 Å². The summed E-state index contributed by atoms with van der Waals surface area (Å²) in [4.78, 5) is 5.76. The fourth-order valence-electron chi connectivity index (χ4n) is 2.75. The Morgan fingerprint density at radius 1 is 1.48 bits per heavy atom. The monoisotopic (exact) mass is 292 g/mol. The van der Waals surface area contributed by atoms with Gasteiger partial charge >= 0.3 is 0 Å². The molecule has 0 saturated carbocycles. The van der Waals surface area contributed by atoms with Crippen molar-refractivity contribution in [3.8, 4) is 6.07 Å². The maximum atomic E-state index is 13.5. The molecule has 110 valence electrons. The van der Waals surface area contributed by atoms with Crippen LogP contribution in [-0.4, -0.2) is 44.5 Å². The summed E-state index contributed by atoms with van der Waals surface area (Å²) in [6.45, 7) is -0.407. The summed E-state index contributed by atoms with van der Waals surface area (Å²) in [6, 6.07) is 4.86. The van der Waals surface area contributed by atoms with Crippen LogP contribution in [0.15, 0.2) is 24.5 Å². The van der Waals surface area contributed by atoms with Gasteiger partial charge in [-0.15, -0.1) is 0 Å². The summed E-state index contributed by atoms with van der Waals surface area (Å²) >= 11 is 0. The number of hydrogen-bond donors (Lipinski definition) is 1. The predicted octanol–water partition coefficient (Wildman–Crippen LogP) is 1.41. The minimum atomic E-state index is -2.77. The van der Waals surface area contributed by atoms with E-state index in [0.29, 0.717) is 11.2 Å². The van der Waals surface area contributed by atoms with Gasteiger partial charge in [-0.2, -0.15) is 5.26 Å². The van der Waals surface area contributed by atoms with Gasteiger partial charge in [-0.3, -0.25) is 4.90 Å². The Morgan fingerprint density at radius 3 is 3.00 bits per heavy atom. The molecule has 1 N–H and O–H groups in total. The molecule has 0 aromatic carbocycles. The number of aliphatic hydroxyl groups is 1. The van der Waals surface area contributed by atoms with Gasteiger partial charge in [-0.1, -0.05) is 0 Å². The van der Waals surface area contributed by atoms with Gasteiger partial charge < -0.3 is 9.51 Å². The van der Waals surface area contributed by atoms with Gasteiger partial charge in [0.25, 0.3) is 5.92 Å². The first-order valence-electron chi connectivity index (χ1n) is 6.61. The maximum absolute atomic E-state index is 13.5. The highest BCUT2D eigenvalue weighted by molar-refractivity contribution is 5.44. The zero-order valence-corrected chi connectivity index (χ0v) is 11.2. The molecule has 1 atom stereocenters. The van der Waals surface area contributed by atoms with Gasteiger partial charge in [0.2, 0.25) is 0 Å². The number of pyridine rings is 1. The Hall–Kier alpha value is -2.04. The third kappa shape index (κ3) is 2.60. The Balaban J connectivity index is 1.90. The van der Waals surface area contributed by atoms with Crippen LogP contribution < -0.4 is 0 Å². The van der Waals surface area contributed by atoms with Crippen molar-refractivity contribution in [2.45, 2.75) is 24.9 Å². The SMILES string of the molecule is N#Cc1ccc2ncc(CN3CC(F)(F)CC3CO)n2c1. The summed E-state index contributed by atoms with van der Waals surface area (Å²) in [5, 5.41) is 18.2. The van der Waals surface area contributed by atoms with E-state index in [1.165, 1.54) is 0 Å². The van der Waals surface area contributed by atoms with E-state index in [9.17, 15) is 13.9 Å². The van der Waals surface area contributed by atoms with Crippen molar-refractivity contribution in [3.63, 3.8) is 0 Å². The number of nitrogens with zero attached hydrogens (tertiary/aromatic N) is 4. The molecule has 7 heteroatoms. The molecule has 0 bridgehead atoms. The van der Waals surface area contributed by atoms with Gasteiger partial charge in [0, 0.05) is 25.2 Å². The van der Waals surface area contributed by atoms with E-state index in [1.54, 1.807) is 33.8 Å². The molecule has 21 heavy (non-hydrogen) atoms. The lowest BCUT2D eigenvalue weighted by Gasteiger charge is -2.21. The molecule has 0 spiro atoms. The fourth-order valence-corrected chi connectivity index (χ4v) is 2.75. The molecule has 3 heterocycles. The summed E-state index contributed by atoms with van der Waals surface area (Å²) in [5.41, 5.74) is 1.86. The summed E-state index contributed by atoms with van der Waals surface area (Å²) in [7, 11) is 0. The second-order valence-electron chi connectivity index (χ2n) is 5.31. The number of imidazole rings is 1. The van der Waals surface area contributed by atoms with Crippen LogP contribution in [0.4, 0.5) is 8.78 Å². The van der Waals surface area contributed by atoms with Crippen LogP contribution >= 0.6 is 0 Å². The van der Waals surface area contributed by atoms with Crippen LogP contribution in [0, 0.1) is 11.3 Å². The first kappa shape index (κ1) is 13.9. The predicted molar refractivity (Wildman–Crippen MR) is 70.8 cm³/mol. The molecule has 5 nitrogen and oxygen atoms in total. The molecule has 1 fully saturated rings. The van der Waals surface area contributed by atoms with Gasteiger partial charge in [0.15, 0.2) is 0 Å². The second-order valence-corrected chi connectivity index (χ2v) is 5.31. The van der Waals surface area contributed by atoms with Crippen LogP contribution in [0.1, 0.15) is 17.7 Å². The van der Waals surface area contributed by atoms with E-state index in [-0.39, 0.29) is 26.1 Å². The third-order valence-electron chi connectivity index (χ3n) is 3.77. The van der Waals surface area contributed by atoms with E-state index < -0.39 is 12.0 Å². The van der Waals surface area contributed by atoms with E-state index in [0.717, 1.165) is 5.69 Å². The highest BCUT2D eigenvalue weighted by atomic mass is 19.3. The second kappa shape index (κ2) is 5.06. The van der Waals surface area contributed by atoms with Gasteiger partial charge in [0.05, 0.1) is 30.6 Å². The number of halogens is 2. The number of fused-ring (bicyclic) bond motifs is 1. The number of likely N-dealkylation sites (tertiary alicyclic amines) is 1. The molecule has 0 radical (unpaired) electrons. The van der Waals surface area contributed by atoms with Crippen molar-refractivity contribution in [1.82, 2.24) is 14.3 Å². The van der Waals surface area contributed by atoms with Crippen molar-refractivity contribution < 1.29 is 13.9 Å². The Kier molecular flexibility index (Phi) is 3.35. The molecule has 2 aromatic heterocycles. The summed E-state index contributed by atoms with van der Waals surface area (Å²) in [5.74, 6) is -2.77. The highest BCUT2D eigenvalue weighted by Crippen LogP contribution is 2.32. The molecule has 1 unspecified atom stereocenters. The van der Waals surface area contributed by atoms with Gasteiger partial charge in [-0.05, 0) is 12.1 Å². The van der Waals surface area contributed by atoms with Crippen molar-refractivity contribution in [2.75, 3.05) is 13.2 Å². The quantitative estimate of drug-likeness (QED) is 0.929. The van der Waals surface area contributed by atoms with Crippen LogP contribution in [0.25, 0.3) is 5.65 Å². The molecular weight excluding hydrogens is 278 g/mol. The Labute approximate surface area is 120 Å². The number of aliphatic hydroxyl groups excluding tert-OH is 1. The Bertz CT molecular complexity index is 707. The molecule has 0 amide bonds. The van der Waals surface area contributed by atoms with Crippen molar-refractivity contribution in [1.29, 1.82) is 5.26 Å². The Morgan fingerprint density at radius 2 is 2.29 bits per heavy atom. The average molecular weight is 292 g/mol. The molecule has 3 rings (SSSR count). The summed E-state index contributed by atoms with van der Waals surface area (Å²) in [6.07, 6.45) is 2.92. The molecule has 0 aliphatic carbocycles. The molecule has 1 saturated heterocycles. The minimum Gasteiger partial charge on any atom is -0.395 e. The van der Waals surface area contributed by atoms with E-state index in [4.69, 9.17) is 5.26 Å². The van der Waals surface area contributed by atoms with Crippen LogP contribution in [-0.2, 0) is 6.54 Å². The smallest absolute Gasteiger partial charge is 0.262 e. The van der Waals surface area contributed by atoms with E-state index in [1.807, 2.05) is 6.07 Å². The lowest BCUT2D eigenvalue weighted by atomic mass is 10.2. The van der Waals surface area contributed by atoms with Gasteiger partial charge in [0.1, 0.15) is 11.7 Å². The molecule has 1 aliphatic heterocycles.